The second-order valence-electron chi connectivity index (χ2n) is 6.97. The number of piperazine rings is 1. The van der Waals surface area contributed by atoms with Crippen molar-refractivity contribution in [3.63, 3.8) is 0 Å². The van der Waals surface area contributed by atoms with Crippen molar-refractivity contribution < 1.29 is 14.5 Å². The van der Waals surface area contributed by atoms with E-state index in [4.69, 9.17) is 16.3 Å². The van der Waals surface area contributed by atoms with Gasteiger partial charge in [-0.2, -0.15) is 4.98 Å². The van der Waals surface area contributed by atoms with E-state index in [1.54, 1.807) is 30.6 Å². The fraction of sp³-hybridized carbons (Fsp3) is 0.667. The fourth-order valence-corrected chi connectivity index (χ4v) is 3.28. The standard InChI is InChI=1S/C15H21BrClN5O4/c1-9-8-20(14(23)26-15(2,3)4)5-6-21(9)12-11(22(24)25)10(7-16)18-13(17)19-12/h9H,5-8H2,1-4H3/t9-/m0/s1. The number of amides is 1. The van der Waals surface area contributed by atoms with E-state index in [9.17, 15) is 14.9 Å². The van der Waals surface area contributed by atoms with E-state index < -0.39 is 16.6 Å². The number of anilines is 1. The first-order valence-corrected chi connectivity index (χ1v) is 9.54. The number of carbonyl (C=O) groups is 1. The lowest BCUT2D eigenvalue weighted by atomic mass is 10.1. The average molecular weight is 451 g/mol. The molecule has 0 unspecified atom stereocenters. The molecule has 1 aliphatic rings. The zero-order valence-corrected chi connectivity index (χ0v) is 17.4. The summed E-state index contributed by atoms with van der Waals surface area (Å²) in [6.07, 6.45) is -0.402. The molecule has 0 saturated carbocycles. The van der Waals surface area contributed by atoms with Gasteiger partial charge >= 0.3 is 11.8 Å². The summed E-state index contributed by atoms with van der Waals surface area (Å²) in [6, 6.07) is -0.205. The molecule has 1 atom stereocenters. The summed E-state index contributed by atoms with van der Waals surface area (Å²) in [7, 11) is 0. The Labute approximate surface area is 164 Å². The Kier molecular flexibility index (Phi) is 6.28. The Morgan fingerprint density at radius 1 is 1.42 bits per heavy atom. The molecule has 1 aromatic heterocycles. The molecular formula is C15H21BrClN5O4. The fourth-order valence-electron chi connectivity index (χ4n) is 2.70. The zero-order chi connectivity index (χ0) is 19.6. The SMILES string of the molecule is C[C@H]1CN(C(=O)OC(C)(C)C)CCN1c1nc(Cl)nc(CBr)c1[N+](=O)[O-]. The summed E-state index contributed by atoms with van der Waals surface area (Å²) in [4.78, 5) is 34.7. The molecule has 0 bridgehead atoms. The van der Waals surface area contributed by atoms with Gasteiger partial charge in [0.25, 0.3) is 0 Å². The smallest absolute Gasteiger partial charge is 0.410 e. The summed E-state index contributed by atoms with van der Waals surface area (Å²) in [5.41, 5.74) is -0.545. The first kappa shape index (κ1) is 20.6. The molecule has 9 nitrogen and oxygen atoms in total. The summed E-state index contributed by atoms with van der Waals surface area (Å²) >= 11 is 9.15. The molecule has 0 spiro atoms. The van der Waals surface area contributed by atoms with Crippen LogP contribution in [-0.4, -0.2) is 57.2 Å². The number of alkyl halides is 1. The number of carbonyl (C=O) groups excluding carboxylic acids is 1. The number of hydrogen-bond acceptors (Lipinski definition) is 7. The molecule has 2 rings (SSSR count). The average Bonchev–Trinajstić information content (AvgIpc) is 2.51. The maximum Gasteiger partial charge on any atom is 0.410 e. The molecule has 26 heavy (non-hydrogen) atoms. The third kappa shape index (κ3) is 4.73. The Balaban J connectivity index is 2.26. The second kappa shape index (κ2) is 7.91. The molecule has 0 radical (unpaired) electrons. The molecule has 144 valence electrons. The zero-order valence-electron chi connectivity index (χ0n) is 15.0. The van der Waals surface area contributed by atoms with Gasteiger partial charge in [0.2, 0.25) is 11.1 Å². The van der Waals surface area contributed by atoms with Crippen molar-refractivity contribution >= 4 is 45.1 Å². The van der Waals surface area contributed by atoms with Crippen molar-refractivity contribution in [2.45, 2.75) is 44.7 Å². The van der Waals surface area contributed by atoms with Crippen LogP contribution in [-0.2, 0) is 10.1 Å². The van der Waals surface area contributed by atoms with Gasteiger partial charge < -0.3 is 14.5 Å². The Hall–Kier alpha value is -1.68. The van der Waals surface area contributed by atoms with Crippen molar-refractivity contribution in [3.8, 4) is 0 Å². The minimum atomic E-state index is -0.582. The highest BCUT2D eigenvalue weighted by atomic mass is 79.9. The lowest BCUT2D eigenvalue weighted by Gasteiger charge is -2.40. The van der Waals surface area contributed by atoms with E-state index >= 15 is 0 Å². The van der Waals surface area contributed by atoms with E-state index in [1.807, 2.05) is 6.92 Å². The number of ether oxygens (including phenoxy) is 1. The first-order valence-electron chi connectivity index (χ1n) is 8.05. The highest BCUT2D eigenvalue weighted by Crippen LogP contribution is 2.33. The second-order valence-corrected chi connectivity index (χ2v) is 7.87. The Morgan fingerprint density at radius 2 is 2.08 bits per heavy atom. The summed E-state index contributed by atoms with van der Waals surface area (Å²) in [5.74, 6) is 0.167. The van der Waals surface area contributed by atoms with Crippen molar-refractivity contribution in [1.82, 2.24) is 14.9 Å². The third-order valence-electron chi connectivity index (χ3n) is 3.77. The van der Waals surface area contributed by atoms with E-state index in [2.05, 4.69) is 25.9 Å². The van der Waals surface area contributed by atoms with Gasteiger partial charge in [0, 0.05) is 25.7 Å². The highest BCUT2D eigenvalue weighted by molar-refractivity contribution is 9.08. The number of rotatable bonds is 3. The molecule has 1 aromatic rings. The van der Waals surface area contributed by atoms with Gasteiger partial charge in [0.15, 0.2) is 0 Å². The molecule has 1 saturated heterocycles. The largest absolute Gasteiger partial charge is 0.444 e. The van der Waals surface area contributed by atoms with Gasteiger partial charge in [0.1, 0.15) is 11.3 Å². The van der Waals surface area contributed by atoms with E-state index in [0.29, 0.717) is 19.6 Å². The Morgan fingerprint density at radius 3 is 2.58 bits per heavy atom. The van der Waals surface area contributed by atoms with Crippen LogP contribution in [0.4, 0.5) is 16.3 Å². The van der Waals surface area contributed by atoms with Crippen molar-refractivity contribution in [1.29, 1.82) is 0 Å². The van der Waals surface area contributed by atoms with Gasteiger partial charge in [-0.15, -0.1) is 0 Å². The highest BCUT2D eigenvalue weighted by Gasteiger charge is 2.35. The van der Waals surface area contributed by atoms with Crippen LogP contribution in [0.5, 0.6) is 0 Å². The number of nitro groups is 1. The molecule has 2 heterocycles. The third-order valence-corrected chi connectivity index (χ3v) is 4.47. The van der Waals surface area contributed by atoms with Crippen LogP contribution in [0.15, 0.2) is 0 Å². The maximum atomic E-state index is 12.3. The monoisotopic (exact) mass is 449 g/mol. The van der Waals surface area contributed by atoms with Crippen molar-refractivity contribution in [2.24, 2.45) is 0 Å². The molecular weight excluding hydrogens is 430 g/mol. The van der Waals surface area contributed by atoms with Gasteiger partial charge in [-0.05, 0) is 39.3 Å². The van der Waals surface area contributed by atoms with Crippen LogP contribution in [0.3, 0.4) is 0 Å². The summed E-state index contributed by atoms with van der Waals surface area (Å²) in [5, 5.41) is 11.7. The van der Waals surface area contributed by atoms with Crippen LogP contribution in [0.1, 0.15) is 33.4 Å². The molecule has 0 aliphatic carbocycles. The van der Waals surface area contributed by atoms with Crippen LogP contribution in [0.25, 0.3) is 0 Å². The van der Waals surface area contributed by atoms with Crippen LogP contribution < -0.4 is 4.90 Å². The predicted molar refractivity (Wildman–Crippen MR) is 101 cm³/mol. The molecule has 1 aliphatic heterocycles. The van der Waals surface area contributed by atoms with E-state index in [0.717, 1.165) is 0 Å². The first-order chi connectivity index (χ1) is 12.0. The summed E-state index contributed by atoms with van der Waals surface area (Å²) < 4.78 is 5.39. The summed E-state index contributed by atoms with van der Waals surface area (Å²) in [6.45, 7) is 8.37. The number of aromatic nitrogens is 2. The molecule has 1 fully saturated rings. The number of halogens is 2. The lowest BCUT2D eigenvalue weighted by Crippen LogP contribution is -2.55. The normalized spacial score (nSPS) is 18.0. The van der Waals surface area contributed by atoms with Crippen LogP contribution in [0, 0.1) is 10.1 Å². The lowest BCUT2D eigenvalue weighted by molar-refractivity contribution is -0.385. The van der Waals surface area contributed by atoms with Gasteiger partial charge in [0.05, 0.1) is 10.3 Å². The number of hydrogen-bond donors (Lipinski definition) is 0. The minimum Gasteiger partial charge on any atom is -0.444 e. The quantitative estimate of drug-likeness (QED) is 0.301. The molecule has 11 heteroatoms. The predicted octanol–water partition coefficient (Wildman–Crippen LogP) is 3.38. The van der Waals surface area contributed by atoms with Crippen LogP contribution in [0.2, 0.25) is 5.28 Å². The van der Waals surface area contributed by atoms with Gasteiger partial charge in [-0.1, -0.05) is 15.9 Å². The van der Waals surface area contributed by atoms with Crippen molar-refractivity contribution in [2.75, 3.05) is 24.5 Å². The number of nitrogens with zero attached hydrogens (tertiary/aromatic N) is 5. The van der Waals surface area contributed by atoms with E-state index in [-0.39, 0.29) is 33.9 Å². The molecule has 1 amide bonds. The minimum absolute atomic E-state index is 0.0539. The Bertz CT molecular complexity index is 712. The van der Waals surface area contributed by atoms with Crippen molar-refractivity contribution in [3.05, 3.63) is 21.1 Å². The maximum absolute atomic E-state index is 12.3. The van der Waals surface area contributed by atoms with Gasteiger partial charge in [-0.3, -0.25) is 10.1 Å². The molecule has 0 N–H and O–H groups in total. The topological polar surface area (TPSA) is 102 Å². The molecule has 0 aromatic carbocycles. The van der Waals surface area contributed by atoms with E-state index in [1.165, 1.54) is 0 Å². The van der Waals surface area contributed by atoms with Crippen LogP contribution >= 0.6 is 27.5 Å². The van der Waals surface area contributed by atoms with Gasteiger partial charge in [-0.25, -0.2) is 9.78 Å².